The van der Waals surface area contributed by atoms with Crippen molar-refractivity contribution in [3.05, 3.63) is 53.1 Å². The maximum absolute atomic E-state index is 13.4. The van der Waals surface area contributed by atoms with E-state index in [9.17, 15) is 14.4 Å². The van der Waals surface area contributed by atoms with Crippen molar-refractivity contribution in [1.82, 2.24) is 15.1 Å². The smallest absolute Gasteiger partial charge is 0.249 e. The van der Waals surface area contributed by atoms with Gasteiger partial charge in [-0.25, -0.2) is 0 Å². The third-order valence-corrected chi connectivity index (χ3v) is 7.66. The number of rotatable bonds is 6. The normalized spacial score (nSPS) is 27.5. The van der Waals surface area contributed by atoms with Gasteiger partial charge in [0, 0.05) is 6.42 Å². The van der Waals surface area contributed by atoms with Crippen LogP contribution in [0.4, 0.5) is 5.13 Å². The molecule has 1 aliphatic heterocycles. The molecule has 7 nitrogen and oxygen atoms in total. The summed E-state index contributed by atoms with van der Waals surface area (Å²) < 4.78 is 0. The number of imide groups is 1. The lowest BCUT2D eigenvalue weighted by atomic mass is 9.63. The van der Waals surface area contributed by atoms with Gasteiger partial charge in [-0.15, -0.1) is 10.2 Å². The number of anilines is 1. The first-order chi connectivity index (χ1) is 15.1. The van der Waals surface area contributed by atoms with Gasteiger partial charge < -0.3 is 0 Å². The molecule has 1 saturated heterocycles. The van der Waals surface area contributed by atoms with Gasteiger partial charge >= 0.3 is 0 Å². The maximum atomic E-state index is 13.4. The Morgan fingerprint density at radius 1 is 1.10 bits per heavy atom. The molecule has 160 valence electrons. The third-order valence-electron chi connectivity index (χ3n) is 6.68. The molecule has 1 aromatic carbocycles. The minimum absolute atomic E-state index is 0.0900. The molecule has 5 atom stereocenters. The topological polar surface area (TPSA) is 92.3 Å². The summed E-state index contributed by atoms with van der Waals surface area (Å²) in [6.45, 7) is 1.97. The number of nitrogens with one attached hydrogen (secondary N) is 1. The van der Waals surface area contributed by atoms with Crippen molar-refractivity contribution in [1.29, 1.82) is 0 Å². The van der Waals surface area contributed by atoms with Gasteiger partial charge in [0.15, 0.2) is 0 Å². The molecule has 8 heteroatoms. The van der Waals surface area contributed by atoms with Gasteiger partial charge in [0.05, 0.1) is 11.8 Å². The molecular weight excluding hydrogens is 412 g/mol. The summed E-state index contributed by atoms with van der Waals surface area (Å²) in [5, 5.41) is 12.1. The Morgan fingerprint density at radius 2 is 1.74 bits per heavy atom. The summed E-state index contributed by atoms with van der Waals surface area (Å²) in [6, 6.07) is 8.57. The van der Waals surface area contributed by atoms with E-state index < -0.39 is 11.9 Å². The lowest BCUT2D eigenvalue weighted by Gasteiger charge is -2.38. The number of nitrogens with zero attached hydrogens (tertiary/aromatic N) is 3. The Kier molecular flexibility index (Phi) is 5.17. The van der Waals surface area contributed by atoms with Gasteiger partial charge in [-0.05, 0) is 36.7 Å². The summed E-state index contributed by atoms with van der Waals surface area (Å²) in [6.07, 6.45) is 7.02. The second-order valence-electron chi connectivity index (χ2n) is 8.44. The number of fused-ring (bicyclic) bond motifs is 1. The highest BCUT2D eigenvalue weighted by Gasteiger charge is 2.58. The standard InChI is InChI=1S/C23H24N4O3S/c1-2-17-25-26-23(31-17)24-20(28)16(12-13-6-4-3-5-7-13)27-21(29)18-14-8-9-15(11-10-14)19(18)22(27)30/h3-9,14-16,18-19H,2,10-12H2,1H3,(H,24,26,28)/t14-,15-,16-,18-,19-/m0/s1. The van der Waals surface area contributed by atoms with Crippen molar-refractivity contribution >= 4 is 34.2 Å². The number of allylic oxidation sites excluding steroid dienone is 2. The summed E-state index contributed by atoms with van der Waals surface area (Å²) in [5.41, 5.74) is 0.894. The number of carbonyl (C=O) groups excluding carboxylic acids is 3. The average Bonchev–Trinajstić information content (AvgIpc) is 3.37. The van der Waals surface area contributed by atoms with Gasteiger partial charge in [-0.2, -0.15) is 0 Å². The molecule has 1 N–H and O–H groups in total. The van der Waals surface area contributed by atoms with Gasteiger partial charge in [-0.1, -0.05) is 60.7 Å². The van der Waals surface area contributed by atoms with Crippen molar-refractivity contribution in [3.63, 3.8) is 0 Å². The fraction of sp³-hybridized carbons (Fsp3) is 0.435. The lowest BCUT2D eigenvalue weighted by molar-refractivity contribution is -0.146. The van der Waals surface area contributed by atoms with Gasteiger partial charge in [0.2, 0.25) is 22.9 Å². The van der Waals surface area contributed by atoms with Crippen LogP contribution in [0.15, 0.2) is 42.5 Å². The highest BCUT2D eigenvalue weighted by Crippen LogP contribution is 2.50. The van der Waals surface area contributed by atoms with Crippen molar-refractivity contribution < 1.29 is 14.4 Å². The first-order valence-corrected chi connectivity index (χ1v) is 11.6. The maximum Gasteiger partial charge on any atom is 0.249 e. The fourth-order valence-corrected chi connectivity index (χ4v) is 5.86. The third kappa shape index (κ3) is 3.48. The average molecular weight is 437 g/mol. The fourth-order valence-electron chi connectivity index (χ4n) is 5.18. The highest BCUT2D eigenvalue weighted by molar-refractivity contribution is 7.15. The van der Waals surface area contributed by atoms with Gasteiger partial charge in [0.25, 0.3) is 0 Å². The van der Waals surface area contributed by atoms with Crippen LogP contribution >= 0.6 is 11.3 Å². The van der Waals surface area contributed by atoms with Crippen LogP contribution in [0.1, 0.15) is 30.3 Å². The number of hydrogen-bond acceptors (Lipinski definition) is 6. The van der Waals surface area contributed by atoms with Crippen molar-refractivity contribution in [2.24, 2.45) is 23.7 Å². The van der Waals surface area contributed by atoms with Crippen LogP contribution in [0.2, 0.25) is 0 Å². The second-order valence-corrected chi connectivity index (χ2v) is 9.50. The van der Waals surface area contributed by atoms with Crippen LogP contribution in [0, 0.1) is 23.7 Å². The molecule has 3 aliphatic carbocycles. The number of carbonyl (C=O) groups is 3. The Hall–Kier alpha value is -2.87. The van der Waals surface area contributed by atoms with Crippen molar-refractivity contribution in [2.45, 2.75) is 38.6 Å². The monoisotopic (exact) mass is 436 g/mol. The van der Waals surface area contributed by atoms with Gasteiger partial charge in [-0.3, -0.25) is 24.6 Å². The Morgan fingerprint density at radius 3 is 2.29 bits per heavy atom. The molecule has 31 heavy (non-hydrogen) atoms. The molecule has 0 unspecified atom stereocenters. The molecule has 1 aromatic heterocycles. The number of aryl methyl sites for hydroxylation is 1. The molecule has 2 fully saturated rings. The minimum atomic E-state index is -0.915. The predicted molar refractivity (Wildman–Crippen MR) is 116 cm³/mol. The van der Waals surface area contributed by atoms with E-state index in [0.717, 1.165) is 29.8 Å². The largest absolute Gasteiger partial charge is 0.299 e. The molecule has 0 radical (unpaired) electrons. The van der Waals surface area contributed by atoms with Crippen LogP contribution in [0.25, 0.3) is 0 Å². The van der Waals surface area contributed by atoms with E-state index in [1.165, 1.54) is 16.2 Å². The molecule has 0 spiro atoms. The van der Waals surface area contributed by atoms with Gasteiger partial charge in [0.1, 0.15) is 11.0 Å². The molecule has 6 rings (SSSR count). The van der Waals surface area contributed by atoms with E-state index in [2.05, 4.69) is 27.7 Å². The first kappa shape index (κ1) is 20.1. The highest BCUT2D eigenvalue weighted by atomic mass is 32.1. The number of likely N-dealkylation sites (tertiary alicyclic amines) is 1. The molecule has 2 aromatic rings. The summed E-state index contributed by atoms with van der Waals surface area (Å²) in [7, 11) is 0. The molecule has 4 aliphatic rings. The van der Waals surface area contributed by atoms with Crippen LogP contribution in [0.3, 0.4) is 0 Å². The minimum Gasteiger partial charge on any atom is -0.299 e. The van der Waals surface area contributed by atoms with Crippen molar-refractivity contribution in [2.75, 3.05) is 5.32 Å². The number of benzene rings is 1. The Bertz CT molecular complexity index is 1020. The molecule has 3 amide bonds. The van der Waals surface area contributed by atoms with E-state index >= 15 is 0 Å². The number of hydrogen-bond donors (Lipinski definition) is 1. The second kappa shape index (κ2) is 8.00. The first-order valence-electron chi connectivity index (χ1n) is 10.8. The Labute approximate surface area is 184 Å². The zero-order chi connectivity index (χ0) is 21.5. The van der Waals surface area contributed by atoms with E-state index in [4.69, 9.17) is 0 Å². The van der Waals surface area contributed by atoms with Crippen LogP contribution < -0.4 is 5.32 Å². The summed E-state index contributed by atoms with van der Waals surface area (Å²) in [4.78, 5) is 41.5. The van der Waals surface area contributed by atoms with Crippen molar-refractivity contribution in [3.8, 4) is 0 Å². The Balaban J connectivity index is 1.46. The zero-order valence-electron chi connectivity index (χ0n) is 17.2. The van der Waals surface area contributed by atoms with Crippen LogP contribution in [-0.2, 0) is 27.2 Å². The lowest BCUT2D eigenvalue weighted by Crippen LogP contribution is -2.49. The molecular formula is C23H24N4O3S. The SMILES string of the molecule is CCc1nnc(NC(=O)[C@H](Cc2ccccc2)N2C(=O)[C@@H]3[C@@H](C2=O)[C@H]2C=C[C@H]3CC2)s1. The number of aromatic nitrogens is 2. The molecule has 2 heterocycles. The number of amides is 3. The predicted octanol–water partition coefficient (Wildman–Crippen LogP) is 2.85. The summed E-state index contributed by atoms with van der Waals surface area (Å²) >= 11 is 1.31. The van der Waals surface area contributed by atoms with E-state index in [-0.39, 0.29) is 41.9 Å². The van der Waals surface area contributed by atoms with E-state index in [1.807, 2.05) is 37.3 Å². The van der Waals surface area contributed by atoms with E-state index in [0.29, 0.717) is 5.13 Å². The quantitative estimate of drug-likeness (QED) is 0.555. The molecule has 1 saturated carbocycles. The zero-order valence-corrected chi connectivity index (χ0v) is 18.0. The van der Waals surface area contributed by atoms with E-state index in [1.54, 1.807) is 0 Å². The molecule has 2 bridgehead atoms. The van der Waals surface area contributed by atoms with Crippen LogP contribution in [0.5, 0.6) is 0 Å². The van der Waals surface area contributed by atoms with Crippen LogP contribution in [-0.4, -0.2) is 38.9 Å². The summed E-state index contributed by atoms with van der Waals surface area (Å²) in [5.74, 6) is -1.32.